The number of aliphatic hydroxyl groups excluding tert-OH is 1. The minimum Gasteiger partial charge on any atom is -0.488 e. The fraction of sp³-hybridized carbons (Fsp3) is 0.500. The van der Waals surface area contributed by atoms with Gasteiger partial charge in [-0.2, -0.15) is 4.39 Å². The number of ether oxygens (including phenoxy) is 1. The molecule has 0 fully saturated rings. The monoisotopic (exact) mass is 245 g/mol. The van der Waals surface area contributed by atoms with Gasteiger partial charge in [0.2, 0.25) is 5.82 Å². The number of hydrogen-bond donors (Lipinski definition) is 2. The Morgan fingerprint density at radius 3 is 2.71 bits per heavy atom. The molecule has 0 aromatic heterocycles. The largest absolute Gasteiger partial charge is 0.488 e. The van der Waals surface area contributed by atoms with E-state index in [-0.39, 0.29) is 18.4 Å². The van der Waals surface area contributed by atoms with Crippen LogP contribution in [-0.4, -0.2) is 30.4 Å². The van der Waals surface area contributed by atoms with Crippen LogP contribution < -0.4 is 10.1 Å². The van der Waals surface area contributed by atoms with Crippen LogP contribution in [0.2, 0.25) is 0 Å². The van der Waals surface area contributed by atoms with E-state index < -0.39 is 17.7 Å². The van der Waals surface area contributed by atoms with Gasteiger partial charge in [-0.25, -0.2) is 4.39 Å². The van der Waals surface area contributed by atoms with Crippen LogP contribution in [0, 0.1) is 11.6 Å². The Hall–Kier alpha value is -1.20. The lowest BCUT2D eigenvalue weighted by Crippen LogP contribution is -2.35. The summed E-state index contributed by atoms with van der Waals surface area (Å²) in [6, 6.07) is 3.93. The van der Waals surface area contributed by atoms with E-state index in [0.717, 1.165) is 6.07 Å². The number of hydrogen-bond acceptors (Lipinski definition) is 3. The molecule has 0 spiro atoms. The van der Waals surface area contributed by atoms with Gasteiger partial charge in [0.15, 0.2) is 11.6 Å². The molecule has 0 saturated carbocycles. The van der Waals surface area contributed by atoms with E-state index in [1.165, 1.54) is 12.1 Å². The molecule has 0 amide bonds. The summed E-state index contributed by atoms with van der Waals surface area (Å²) in [7, 11) is 0. The van der Waals surface area contributed by atoms with Crippen LogP contribution in [0.4, 0.5) is 8.78 Å². The second kappa shape index (κ2) is 6.51. The molecule has 1 unspecified atom stereocenters. The maximum Gasteiger partial charge on any atom is 0.200 e. The molecule has 5 heteroatoms. The van der Waals surface area contributed by atoms with Crippen LogP contribution in [0.3, 0.4) is 0 Å². The first-order valence-corrected chi connectivity index (χ1v) is 5.49. The third-order valence-corrected chi connectivity index (χ3v) is 2.11. The Balaban J connectivity index is 2.42. The number of benzene rings is 1. The predicted octanol–water partition coefficient (Wildman–Crippen LogP) is 1.70. The maximum atomic E-state index is 13.2. The summed E-state index contributed by atoms with van der Waals surface area (Å²) in [5.41, 5.74) is 0. The second-order valence-electron chi connectivity index (χ2n) is 4.08. The van der Waals surface area contributed by atoms with E-state index >= 15 is 0 Å². The Morgan fingerprint density at radius 1 is 1.35 bits per heavy atom. The van der Waals surface area contributed by atoms with E-state index in [0.29, 0.717) is 6.54 Å². The summed E-state index contributed by atoms with van der Waals surface area (Å²) in [5, 5.41) is 12.5. The Morgan fingerprint density at radius 2 is 2.06 bits per heavy atom. The third kappa shape index (κ3) is 4.66. The first-order valence-electron chi connectivity index (χ1n) is 5.49. The minimum absolute atomic E-state index is 0.0832. The van der Waals surface area contributed by atoms with Gasteiger partial charge in [0.25, 0.3) is 0 Å². The molecule has 0 bridgehead atoms. The van der Waals surface area contributed by atoms with Crippen LogP contribution in [0.25, 0.3) is 0 Å². The maximum absolute atomic E-state index is 13.2. The van der Waals surface area contributed by atoms with Gasteiger partial charge in [0, 0.05) is 12.6 Å². The van der Waals surface area contributed by atoms with Crippen LogP contribution in [-0.2, 0) is 0 Å². The quantitative estimate of drug-likeness (QED) is 0.801. The van der Waals surface area contributed by atoms with Crippen molar-refractivity contribution in [2.24, 2.45) is 0 Å². The van der Waals surface area contributed by atoms with Crippen molar-refractivity contribution in [3.63, 3.8) is 0 Å². The zero-order valence-corrected chi connectivity index (χ0v) is 9.91. The molecular weight excluding hydrogens is 228 g/mol. The molecule has 1 atom stereocenters. The van der Waals surface area contributed by atoms with Crippen molar-refractivity contribution in [2.45, 2.75) is 26.0 Å². The molecule has 1 aromatic rings. The fourth-order valence-electron chi connectivity index (χ4n) is 1.21. The molecule has 2 N–H and O–H groups in total. The highest BCUT2D eigenvalue weighted by molar-refractivity contribution is 5.25. The van der Waals surface area contributed by atoms with E-state index in [1.54, 1.807) is 0 Å². The van der Waals surface area contributed by atoms with Gasteiger partial charge < -0.3 is 15.2 Å². The summed E-state index contributed by atoms with van der Waals surface area (Å²) in [6.07, 6.45) is -0.764. The summed E-state index contributed by atoms with van der Waals surface area (Å²) in [5.74, 6) is -2.18. The van der Waals surface area contributed by atoms with Crippen LogP contribution >= 0.6 is 0 Å². The highest BCUT2D eigenvalue weighted by atomic mass is 19.2. The molecule has 17 heavy (non-hydrogen) atoms. The number of aliphatic hydroxyl groups is 1. The van der Waals surface area contributed by atoms with Gasteiger partial charge in [-0.15, -0.1) is 0 Å². The molecule has 0 aliphatic heterocycles. The van der Waals surface area contributed by atoms with Crippen molar-refractivity contribution in [1.82, 2.24) is 5.32 Å². The van der Waals surface area contributed by atoms with Crippen molar-refractivity contribution >= 4 is 0 Å². The fourth-order valence-corrected chi connectivity index (χ4v) is 1.21. The SMILES string of the molecule is CC(C)NCC(O)COc1cccc(F)c1F. The highest BCUT2D eigenvalue weighted by Crippen LogP contribution is 2.19. The van der Waals surface area contributed by atoms with Gasteiger partial charge in [0.05, 0.1) is 0 Å². The summed E-state index contributed by atoms with van der Waals surface area (Å²) in [4.78, 5) is 0. The van der Waals surface area contributed by atoms with E-state index in [2.05, 4.69) is 5.32 Å². The van der Waals surface area contributed by atoms with Crippen molar-refractivity contribution in [2.75, 3.05) is 13.2 Å². The number of halogens is 2. The van der Waals surface area contributed by atoms with Crippen molar-refractivity contribution in [1.29, 1.82) is 0 Å². The Labute approximate surface area is 99.4 Å². The molecule has 96 valence electrons. The van der Waals surface area contributed by atoms with Gasteiger partial charge >= 0.3 is 0 Å². The van der Waals surface area contributed by atoms with Crippen LogP contribution in [0.15, 0.2) is 18.2 Å². The highest BCUT2D eigenvalue weighted by Gasteiger charge is 2.11. The molecule has 0 saturated heterocycles. The molecular formula is C12H17F2NO2. The van der Waals surface area contributed by atoms with Crippen molar-refractivity contribution in [3.8, 4) is 5.75 Å². The molecule has 1 aromatic carbocycles. The van der Waals surface area contributed by atoms with Gasteiger partial charge in [-0.05, 0) is 12.1 Å². The summed E-state index contributed by atoms with van der Waals surface area (Å²) >= 11 is 0. The zero-order valence-electron chi connectivity index (χ0n) is 9.91. The summed E-state index contributed by atoms with van der Waals surface area (Å²) < 4.78 is 31.0. The van der Waals surface area contributed by atoms with Crippen molar-refractivity contribution in [3.05, 3.63) is 29.8 Å². The Kier molecular flexibility index (Phi) is 5.31. The lowest BCUT2D eigenvalue weighted by molar-refractivity contribution is 0.102. The standard InChI is InChI=1S/C12H17F2NO2/c1-8(2)15-6-9(16)7-17-11-5-3-4-10(13)12(11)14/h3-5,8-9,15-16H,6-7H2,1-2H3. The molecule has 0 aliphatic carbocycles. The smallest absolute Gasteiger partial charge is 0.200 e. The topological polar surface area (TPSA) is 41.5 Å². The molecule has 0 radical (unpaired) electrons. The van der Waals surface area contributed by atoms with E-state index in [4.69, 9.17) is 4.74 Å². The Bertz CT molecular complexity index is 358. The second-order valence-corrected chi connectivity index (χ2v) is 4.08. The third-order valence-electron chi connectivity index (χ3n) is 2.11. The normalized spacial score (nSPS) is 12.8. The lowest BCUT2D eigenvalue weighted by atomic mass is 10.3. The van der Waals surface area contributed by atoms with Crippen molar-refractivity contribution < 1.29 is 18.6 Å². The average molecular weight is 245 g/mol. The number of nitrogens with one attached hydrogen (secondary N) is 1. The predicted molar refractivity (Wildman–Crippen MR) is 61.0 cm³/mol. The van der Waals surface area contributed by atoms with E-state index in [9.17, 15) is 13.9 Å². The van der Waals surface area contributed by atoms with Crippen LogP contribution in [0.5, 0.6) is 5.75 Å². The average Bonchev–Trinajstić information content (AvgIpc) is 2.28. The molecule has 0 heterocycles. The molecule has 0 aliphatic rings. The molecule has 3 nitrogen and oxygen atoms in total. The first-order chi connectivity index (χ1) is 8.00. The zero-order chi connectivity index (χ0) is 12.8. The van der Waals surface area contributed by atoms with Gasteiger partial charge in [-0.3, -0.25) is 0 Å². The van der Waals surface area contributed by atoms with E-state index in [1.807, 2.05) is 13.8 Å². The minimum atomic E-state index is -1.03. The molecule has 1 rings (SSSR count). The van der Waals surface area contributed by atoms with Crippen LogP contribution in [0.1, 0.15) is 13.8 Å². The number of rotatable bonds is 6. The first kappa shape index (κ1) is 13.9. The lowest BCUT2D eigenvalue weighted by Gasteiger charge is -2.15. The summed E-state index contributed by atoms with van der Waals surface area (Å²) in [6.45, 7) is 4.15. The van der Waals surface area contributed by atoms with Gasteiger partial charge in [0.1, 0.15) is 12.7 Å². The van der Waals surface area contributed by atoms with Gasteiger partial charge in [-0.1, -0.05) is 19.9 Å².